The molecule has 0 aromatic heterocycles. The molecule has 0 rings (SSSR count). The van der Waals surface area contributed by atoms with Crippen LogP contribution in [0.15, 0.2) is 0 Å². The predicted octanol–water partition coefficient (Wildman–Crippen LogP) is 10.5. The van der Waals surface area contributed by atoms with E-state index in [1.54, 1.807) is 21.7 Å². The average Bonchev–Trinajstić information content (AvgIpc) is 2.63. The van der Waals surface area contributed by atoms with Crippen molar-refractivity contribution in [3.8, 4) is 0 Å². The van der Waals surface area contributed by atoms with Crippen molar-refractivity contribution in [1.29, 1.82) is 0 Å². The average molecular weight is 619 g/mol. The molecule has 0 heterocycles. The molecule has 0 nitrogen and oxygen atoms in total. The van der Waals surface area contributed by atoms with Gasteiger partial charge < -0.3 is 0 Å². The fourth-order valence-electron chi connectivity index (χ4n) is 3.60. The first-order chi connectivity index (χ1) is 12.4. The van der Waals surface area contributed by atoms with Gasteiger partial charge in [0, 0.05) is 0 Å². The Morgan fingerprint density at radius 1 is 0.333 bits per heavy atom. The van der Waals surface area contributed by atoms with E-state index in [0.29, 0.717) is 0 Å². The molecule has 0 N–H and O–H groups in total. The Balaban J connectivity index is -0.00000288. The van der Waals surface area contributed by atoms with Gasteiger partial charge in [-0.25, -0.2) is 0 Å². The first-order valence-electron chi connectivity index (χ1n) is 12.1. The van der Waals surface area contributed by atoms with Gasteiger partial charge in [0.1, 0.15) is 0 Å². The quantitative estimate of drug-likeness (QED) is 0.0836. The first-order valence-corrected chi connectivity index (χ1v) is 16.2. The Morgan fingerprint density at radius 3 is 0.815 bits per heavy atom. The van der Waals surface area contributed by atoms with Gasteiger partial charge >= 0.3 is 172 Å². The summed E-state index contributed by atoms with van der Waals surface area (Å²) in [7, 11) is 0. The molecule has 0 saturated heterocycles. The maximum absolute atomic E-state index is 2.31. The minimum atomic E-state index is 0. The van der Waals surface area contributed by atoms with Crippen molar-refractivity contribution >= 4 is 55.1 Å². The number of halogens is 2. The Labute approximate surface area is 205 Å². The molecule has 0 aliphatic carbocycles. The van der Waals surface area contributed by atoms with Crippen LogP contribution in [0.1, 0.15) is 142 Å². The second-order valence-corrected chi connectivity index (χ2v) is 12.4. The summed E-state index contributed by atoms with van der Waals surface area (Å²) in [6, 6.07) is 0. The molecule has 0 fully saturated rings. The van der Waals surface area contributed by atoms with E-state index in [0.717, 1.165) is 0 Å². The van der Waals surface area contributed by atoms with E-state index >= 15 is 0 Å². The van der Waals surface area contributed by atoms with Crippen LogP contribution in [-0.4, -0.2) is 21.1 Å². The molecule has 0 aliphatic rings. The van der Waals surface area contributed by atoms with Crippen LogP contribution in [0.25, 0.3) is 0 Å². The summed E-state index contributed by atoms with van der Waals surface area (Å²) in [6.45, 7) is 4.61. The van der Waals surface area contributed by atoms with E-state index in [2.05, 4.69) is 13.8 Å². The van der Waals surface area contributed by atoms with Crippen LogP contribution in [0.4, 0.5) is 0 Å². The van der Waals surface area contributed by atoms with Gasteiger partial charge in [0.2, 0.25) is 0 Å². The first kappa shape index (κ1) is 33.4. The van der Waals surface area contributed by atoms with Gasteiger partial charge in [0.15, 0.2) is 0 Å². The normalized spacial score (nSPS) is 10.4. The third-order valence-electron chi connectivity index (χ3n) is 5.41. The van der Waals surface area contributed by atoms with Crippen LogP contribution in [0, 0.1) is 0 Å². The van der Waals surface area contributed by atoms with Crippen molar-refractivity contribution in [2.24, 2.45) is 0 Å². The predicted molar refractivity (Wildman–Crippen MR) is 140 cm³/mol. The summed E-state index contributed by atoms with van der Waals surface area (Å²) in [5, 5.41) is 0. The van der Waals surface area contributed by atoms with Crippen molar-refractivity contribution in [2.45, 2.75) is 151 Å². The molecule has 0 aliphatic heterocycles. The number of hydrogen-bond donors (Lipinski definition) is 0. The Bertz CT molecular complexity index is 202. The maximum atomic E-state index is 2.31. The van der Waals surface area contributed by atoms with Crippen molar-refractivity contribution in [3.05, 3.63) is 0 Å². The van der Waals surface area contributed by atoms with E-state index in [1.165, 1.54) is 116 Å². The van der Waals surface area contributed by atoms with Gasteiger partial charge in [0.05, 0.1) is 0 Å². The zero-order valence-corrected chi connectivity index (χ0v) is 25.2. The molecule has 0 unspecified atom stereocenters. The summed E-state index contributed by atoms with van der Waals surface area (Å²) in [6.07, 6.45) is 29.8. The van der Waals surface area contributed by atoms with Crippen LogP contribution >= 0.6 is 34.0 Å². The van der Waals surface area contributed by atoms with E-state index in [4.69, 9.17) is 0 Å². The Kier molecular flexibility index (Phi) is 40.1. The van der Waals surface area contributed by atoms with Crippen LogP contribution in [-0.2, 0) is 0 Å². The molecule has 2 radical (unpaired) electrons. The Hall–Kier alpha value is 1.76. The zero-order chi connectivity index (χ0) is 18.3. The van der Waals surface area contributed by atoms with Gasteiger partial charge in [-0.05, 0) is 0 Å². The summed E-state index contributed by atoms with van der Waals surface area (Å²) < 4.78 is 3.33. The second kappa shape index (κ2) is 32.4. The molecule has 0 amide bonds. The van der Waals surface area contributed by atoms with Crippen molar-refractivity contribution in [3.63, 3.8) is 0 Å². The van der Waals surface area contributed by atoms with Crippen LogP contribution in [0.3, 0.4) is 0 Å². The summed E-state index contributed by atoms with van der Waals surface area (Å²) in [5.74, 6) is 0. The van der Waals surface area contributed by atoms with Gasteiger partial charge in [0.25, 0.3) is 0 Å². The van der Waals surface area contributed by atoms with E-state index < -0.39 is 0 Å². The molecule has 0 aromatic carbocycles. The van der Waals surface area contributed by atoms with Gasteiger partial charge in [-0.1, -0.05) is 0 Å². The fourth-order valence-corrected chi connectivity index (χ4v) is 7.17. The van der Waals surface area contributed by atoms with E-state index in [9.17, 15) is 0 Å². The summed E-state index contributed by atoms with van der Waals surface area (Å²) in [4.78, 5) is 0. The Morgan fingerprint density at radius 2 is 0.556 bits per heavy atom. The fraction of sp³-hybridized carbons (Fsp3) is 1.00. The zero-order valence-electron chi connectivity index (χ0n) is 18.9. The summed E-state index contributed by atoms with van der Waals surface area (Å²) in [5.41, 5.74) is 0. The third-order valence-corrected chi connectivity index (χ3v) is 9.45. The molecular formula is C24H52Br2Sn. The van der Waals surface area contributed by atoms with Crippen LogP contribution in [0.5, 0.6) is 0 Å². The van der Waals surface area contributed by atoms with Gasteiger partial charge in [-0.2, -0.15) is 0 Å². The van der Waals surface area contributed by atoms with Crippen molar-refractivity contribution in [1.82, 2.24) is 0 Å². The van der Waals surface area contributed by atoms with Crippen LogP contribution in [0.2, 0.25) is 8.87 Å². The SMILES string of the molecule is Br.Br.CCCCCCCCCCC[CH2][Sn][CH2]CCCCCCCCCCC. The molecular weight excluding hydrogens is 567 g/mol. The minimum absolute atomic E-state index is 0. The molecule has 27 heavy (non-hydrogen) atoms. The number of unbranched alkanes of at least 4 members (excludes halogenated alkanes) is 18. The molecule has 166 valence electrons. The molecule has 0 spiro atoms. The monoisotopic (exact) mass is 618 g/mol. The molecule has 0 atom stereocenters. The molecule has 0 bridgehead atoms. The van der Waals surface area contributed by atoms with Gasteiger partial charge in [-0.3, -0.25) is 0 Å². The summed E-state index contributed by atoms with van der Waals surface area (Å²) >= 11 is 0.0377. The second-order valence-electron chi connectivity index (χ2n) is 8.11. The molecule has 0 saturated carbocycles. The topological polar surface area (TPSA) is 0 Å². The van der Waals surface area contributed by atoms with Crippen molar-refractivity contribution in [2.75, 3.05) is 0 Å². The van der Waals surface area contributed by atoms with Gasteiger partial charge in [-0.15, -0.1) is 34.0 Å². The number of rotatable bonds is 22. The van der Waals surface area contributed by atoms with Crippen LogP contribution < -0.4 is 0 Å². The standard InChI is InChI=1S/2C12H25.2BrH.Sn/c2*1-3-5-7-9-11-12-10-8-6-4-2;;;/h2*1,3-12H2,2H3;2*1H;. The third kappa shape index (κ3) is 32.6. The van der Waals surface area contributed by atoms with E-state index in [1.807, 2.05) is 0 Å². The van der Waals surface area contributed by atoms with E-state index in [-0.39, 0.29) is 55.1 Å². The molecule has 0 aromatic rings. The number of hydrogen-bond acceptors (Lipinski definition) is 0. The van der Waals surface area contributed by atoms with Crippen molar-refractivity contribution < 1.29 is 0 Å². The molecule has 3 heteroatoms.